The number of benzene rings is 1. The van der Waals surface area contributed by atoms with Gasteiger partial charge in [-0.3, -0.25) is 4.99 Å². The number of nitrogens with one attached hydrogen (secondary N) is 1. The highest BCUT2D eigenvalue weighted by Crippen LogP contribution is 2.21. The zero-order valence-electron chi connectivity index (χ0n) is 15.9. The maximum atomic E-state index is 11.0. The fourth-order valence-corrected chi connectivity index (χ4v) is 3.60. The molecule has 1 heterocycles. The smallest absolute Gasteiger partial charge is 0.193 e. The molecule has 1 aliphatic rings. The van der Waals surface area contributed by atoms with E-state index in [0.717, 1.165) is 31.4 Å². The van der Waals surface area contributed by atoms with Crippen molar-refractivity contribution in [3.8, 4) is 0 Å². The molecule has 146 valence electrons. The highest BCUT2D eigenvalue weighted by molar-refractivity contribution is 7.90. The van der Waals surface area contributed by atoms with E-state index in [0.29, 0.717) is 13.2 Å². The second-order valence-electron chi connectivity index (χ2n) is 6.84. The number of aliphatic imine (C=N–C) groups is 1. The molecule has 0 aromatic heterocycles. The van der Waals surface area contributed by atoms with Crippen LogP contribution >= 0.6 is 0 Å². The number of likely N-dealkylation sites (tertiary alicyclic amines) is 1. The van der Waals surface area contributed by atoms with Gasteiger partial charge in [0.25, 0.3) is 0 Å². The van der Waals surface area contributed by atoms with E-state index in [4.69, 9.17) is 4.74 Å². The average molecular weight is 382 g/mol. The Bertz CT molecular complexity index is 654. The van der Waals surface area contributed by atoms with Gasteiger partial charge in [-0.1, -0.05) is 30.3 Å². The Morgan fingerprint density at radius 1 is 1.23 bits per heavy atom. The Labute approximate surface area is 157 Å². The van der Waals surface area contributed by atoms with Gasteiger partial charge in [-0.15, -0.1) is 0 Å². The number of rotatable bonds is 8. The second kappa shape index (κ2) is 10.5. The van der Waals surface area contributed by atoms with Gasteiger partial charge in [0.15, 0.2) is 5.96 Å². The molecule has 0 spiro atoms. The van der Waals surface area contributed by atoms with Crippen molar-refractivity contribution in [2.45, 2.75) is 19.3 Å². The predicted molar refractivity (Wildman–Crippen MR) is 106 cm³/mol. The van der Waals surface area contributed by atoms with Crippen molar-refractivity contribution in [2.24, 2.45) is 10.9 Å². The zero-order chi connectivity index (χ0) is 18.8. The number of hydrogen-bond donors (Lipinski definition) is 1. The molecule has 1 fully saturated rings. The van der Waals surface area contributed by atoms with E-state index in [1.807, 2.05) is 0 Å². The predicted octanol–water partition coefficient (Wildman–Crippen LogP) is 1.58. The summed E-state index contributed by atoms with van der Waals surface area (Å²) in [5.74, 6) is 1.69. The van der Waals surface area contributed by atoms with Gasteiger partial charge < -0.3 is 15.0 Å². The fraction of sp³-hybridized carbons (Fsp3) is 0.632. The SMILES string of the molecule is CN=C(NCCOCCS(C)(=O)=O)N1CCC(Cc2ccccc2)CC1. The third-order valence-corrected chi connectivity index (χ3v) is 5.53. The van der Waals surface area contributed by atoms with E-state index >= 15 is 0 Å². The van der Waals surface area contributed by atoms with E-state index < -0.39 is 9.84 Å². The summed E-state index contributed by atoms with van der Waals surface area (Å²) in [6.07, 6.45) is 4.70. The van der Waals surface area contributed by atoms with Gasteiger partial charge in [0.2, 0.25) is 0 Å². The highest BCUT2D eigenvalue weighted by atomic mass is 32.2. The molecule has 1 aromatic rings. The number of nitrogens with zero attached hydrogens (tertiary/aromatic N) is 2. The minimum absolute atomic E-state index is 0.0661. The Kier molecular flexibility index (Phi) is 8.38. The molecule has 1 aliphatic heterocycles. The third kappa shape index (κ3) is 7.74. The van der Waals surface area contributed by atoms with Crippen LogP contribution < -0.4 is 5.32 Å². The molecule has 0 aliphatic carbocycles. The van der Waals surface area contributed by atoms with Gasteiger partial charge in [0.1, 0.15) is 9.84 Å². The Morgan fingerprint density at radius 2 is 1.92 bits per heavy atom. The van der Waals surface area contributed by atoms with Crippen LogP contribution in [0.3, 0.4) is 0 Å². The highest BCUT2D eigenvalue weighted by Gasteiger charge is 2.21. The first-order chi connectivity index (χ1) is 12.5. The molecule has 26 heavy (non-hydrogen) atoms. The summed E-state index contributed by atoms with van der Waals surface area (Å²) in [5, 5.41) is 3.30. The van der Waals surface area contributed by atoms with Gasteiger partial charge in [-0.2, -0.15) is 0 Å². The molecule has 7 heteroatoms. The first kappa shape index (κ1) is 20.7. The van der Waals surface area contributed by atoms with Gasteiger partial charge in [0, 0.05) is 32.9 Å². The summed E-state index contributed by atoms with van der Waals surface area (Å²) in [7, 11) is -1.16. The average Bonchev–Trinajstić information content (AvgIpc) is 2.62. The van der Waals surface area contributed by atoms with E-state index in [1.54, 1.807) is 7.05 Å². The number of guanidine groups is 1. The number of ether oxygens (including phenoxy) is 1. The molecular formula is C19H31N3O3S. The lowest BCUT2D eigenvalue weighted by Gasteiger charge is -2.34. The maximum absolute atomic E-state index is 11.0. The Hall–Kier alpha value is -1.60. The lowest BCUT2D eigenvalue weighted by atomic mass is 9.90. The summed E-state index contributed by atoms with van der Waals surface area (Å²) < 4.78 is 27.5. The van der Waals surface area contributed by atoms with Crippen molar-refractivity contribution in [3.05, 3.63) is 35.9 Å². The van der Waals surface area contributed by atoms with E-state index in [1.165, 1.54) is 24.7 Å². The molecule has 1 N–H and O–H groups in total. The van der Waals surface area contributed by atoms with Crippen molar-refractivity contribution >= 4 is 15.8 Å². The van der Waals surface area contributed by atoms with Crippen LogP contribution in [0.2, 0.25) is 0 Å². The quantitative estimate of drug-likeness (QED) is 0.421. The fourth-order valence-electron chi connectivity index (χ4n) is 3.18. The van der Waals surface area contributed by atoms with Crippen LogP contribution in [0, 0.1) is 5.92 Å². The first-order valence-electron chi connectivity index (χ1n) is 9.23. The second-order valence-corrected chi connectivity index (χ2v) is 9.10. The molecule has 0 unspecified atom stereocenters. The summed E-state index contributed by atoms with van der Waals surface area (Å²) in [5.41, 5.74) is 1.42. The number of sulfone groups is 1. The zero-order valence-corrected chi connectivity index (χ0v) is 16.7. The third-order valence-electron chi connectivity index (χ3n) is 4.62. The van der Waals surface area contributed by atoms with Crippen LogP contribution in [0.1, 0.15) is 18.4 Å². The van der Waals surface area contributed by atoms with Crippen molar-refractivity contribution < 1.29 is 13.2 Å². The molecule has 0 amide bonds. The summed E-state index contributed by atoms with van der Waals surface area (Å²) in [6, 6.07) is 10.7. The largest absolute Gasteiger partial charge is 0.379 e. The minimum Gasteiger partial charge on any atom is -0.379 e. The van der Waals surface area contributed by atoms with Crippen LogP contribution in [-0.4, -0.2) is 71.2 Å². The molecular weight excluding hydrogens is 350 g/mol. The maximum Gasteiger partial charge on any atom is 0.193 e. The molecule has 2 rings (SSSR count). The van der Waals surface area contributed by atoms with Gasteiger partial charge in [0.05, 0.1) is 19.0 Å². The van der Waals surface area contributed by atoms with Gasteiger partial charge >= 0.3 is 0 Å². The van der Waals surface area contributed by atoms with Crippen LogP contribution in [0.5, 0.6) is 0 Å². The standard InChI is InChI=1S/C19H31N3O3S/c1-20-19(21-10-13-25-14-15-26(2,23)24)22-11-8-18(9-12-22)16-17-6-4-3-5-7-17/h3-7,18H,8-16H2,1-2H3,(H,20,21). The lowest BCUT2D eigenvalue weighted by Crippen LogP contribution is -2.46. The molecule has 0 saturated carbocycles. The molecule has 1 aromatic carbocycles. The van der Waals surface area contributed by atoms with Crippen molar-refractivity contribution in [1.82, 2.24) is 10.2 Å². The molecule has 0 bridgehead atoms. The van der Waals surface area contributed by atoms with Gasteiger partial charge in [-0.05, 0) is 30.7 Å². The molecule has 1 saturated heterocycles. The summed E-state index contributed by atoms with van der Waals surface area (Å²) in [6.45, 7) is 3.35. The minimum atomic E-state index is -2.95. The normalized spacial score (nSPS) is 16.7. The lowest BCUT2D eigenvalue weighted by molar-refractivity contribution is 0.152. The molecule has 0 atom stereocenters. The van der Waals surface area contributed by atoms with Crippen LogP contribution in [-0.2, 0) is 21.0 Å². The van der Waals surface area contributed by atoms with E-state index in [2.05, 4.69) is 45.5 Å². The van der Waals surface area contributed by atoms with Crippen LogP contribution in [0.4, 0.5) is 0 Å². The monoisotopic (exact) mass is 381 g/mol. The summed E-state index contributed by atoms with van der Waals surface area (Å²) in [4.78, 5) is 6.65. The Balaban J connectivity index is 1.65. The molecule has 6 nitrogen and oxygen atoms in total. The topological polar surface area (TPSA) is 71.0 Å². The van der Waals surface area contributed by atoms with Gasteiger partial charge in [-0.25, -0.2) is 8.42 Å². The number of hydrogen-bond acceptors (Lipinski definition) is 4. The summed E-state index contributed by atoms with van der Waals surface area (Å²) >= 11 is 0. The van der Waals surface area contributed by atoms with E-state index in [9.17, 15) is 8.42 Å². The van der Waals surface area contributed by atoms with Crippen LogP contribution in [0.25, 0.3) is 0 Å². The van der Waals surface area contributed by atoms with Crippen LogP contribution in [0.15, 0.2) is 35.3 Å². The first-order valence-corrected chi connectivity index (χ1v) is 11.3. The van der Waals surface area contributed by atoms with Crippen molar-refractivity contribution in [2.75, 3.05) is 51.9 Å². The van der Waals surface area contributed by atoms with Crippen molar-refractivity contribution in [1.29, 1.82) is 0 Å². The number of piperidine rings is 1. The molecule has 0 radical (unpaired) electrons. The van der Waals surface area contributed by atoms with E-state index in [-0.39, 0.29) is 12.4 Å². The Morgan fingerprint density at radius 3 is 2.54 bits per heavy atom. The van der Waals surface area contributed by atoms with Crippen molar-refractivity contribution in [3.63, 3.8) is 0 Å².